The lowest BCUT2D eigenvalue weighted by atomic mass is 10.1. The first-order valence-electron chi connectivity index (χ1n) is 11.0. The van der Waals surface area contributed by atoms with Gasteiger partial charge in [-0.15, -0.1) is 0 Å². The molecule has 0 atom stereocenters. The van der Waals surface area contributed by atoms with E-state index in [1.165, 1.54) is 4.31 Å². The van der Waals surface area contributed by atoms with Gasteiger partial charge in [-0.2, -0.15) is 4.31 Å². The number of imidazole rings is 1. The van der Waals surface area contributed by atoms with Crippen LogP contribution in [0.4, 0.5) is 4.79 Å². The zero-order valence-electron chi connectivity index (χ0n) is 18.9. The van der Waals surface area contributed by atoms with Crippen LogP contribution in [0, 0.1) is 13.8 Å². The van der Waals surface area contributed by atoms with Gasteiger partial charge in [-0.1, -0.05) is 36.4 Å². The molecule has 3 aromatic rings. The zero-order chi connectivity index (χ0) is 23.4. The Balaban J connectivity index is 1.31. The molecule has 2 heterocycles. The van der Waals surface area contributed by atoms with Gasteiger partial charge in [-0.05, 0) is 42.2 Å². The van der Waals surface area contributed by atoms with Crippen LogP contribution in [0.2, 0.25) is 0 Å². The number of rotatable bonds is 6. The summed E-state index contributed by atoms with van der Waals surface area (Å²) in [6.45, 7) is 6.10. The fourth-order valence-electron chi connectivity index (χ4n) is 3.97. The van der Waals surface area contributed by atoms with Crippen molar-refractivity contribution in [2.75, 3.05) is 26.2 Å². The summed E-state index contributed by atoms with van der Waals surface area (Å²) in [5.41, 5.74) is 3.78. The molecule has 4 rings (SSSR count). The van der Waals surface area contributed by atoms with Crippen LogP contribution in [-0.4, -0.2) is 59.4 Å². The summed E-state index contributed by atoms with van der Waals surface area (Å²) >= 11 is 0. The smallest absolute Gasteiger partial charge is 0.317 e. The third-order valence-corrected chi connectivity index (χ3v) is 7.89. The number of nitrogens with one attached hydrogen (secondary N) is 1. The SMILES string of the molecule is Cc1ccc(C)c(S(=O)(=O)N2CCN(C(=O)NCc3cccc(Cn4ccnc4)c3)CC2)c1. The van der Waals surface area contributed by atoms with Crippen molar-refractivity contribution in [3.05, 3.63) is 83.4 Å². The van der Waals surface area contributed by atoms with E-state index in [2.05, 4.69) is 16.4 Å². The third kappa shape index (κ3) is 5.43. The van der Waals surface area contributed by atoms with Crippen molar-refractivity contribution in [1.82, 2.24) is 24.1 Å². The van der Waals surface area contributed by atoms with E-state index in [1.54, 1.807) is 30.4 Å². The lowest BCUT2D eigenvalue weighted by Crippen LogP contribution is -2.53. The van der Waals surface area contributed by atoms with Crippen LogP contribution in [0.1, 0.15) is 22.3 Å². The first kappa shape index (κ1) is 23.0. The second-order valence-electron chi connectivity index (χ2n) is 8.37. The number of urea groups is 1. The minimum Gasteiger partial charge on any atom is -0.334 e. The molecule has 0 aliphatic carbocycles. The van der Waals surface area contributed by atoms with Gasteiger partial charge in [0.15, 0.2) is 0 Å². The number of carbonyl (C=O) groups is 1. The van der Waals surface area contributed by atoms with E-state index in [0.29, 0.717) is 24.5 Å². The highest BCUT2D eigenvalue weighted by Crippen LogP contribution is 2.22. The number of hydrogen-bond donors (Lipinski definition) is 1. The average molecular weight is 468 g/mol. The molecule has 1 fully saturated rings. The van der Waals surface area contributed by atoms with Gasteiger partial charge < -0.3 is 14.8 Å². The number of hydrogen-bond acceptors (Lipinski definition) is 4. The zero-order valence-corrected chi connectivity index (χ0v) is 19.8. The van der Waals surface area contributed by atoms with Crippen molar-refractivity contribution in [3.8, 4) is 0 Å². The number of piperazine rings is 1. The van der Waals surface area contributed by atoms with Crippen LogP contribution in [0.5, 0.6) is 0 Å². The van der Waals surface area contributed by atoms with E-state index in [4.69, 9.17) is 0 Å². The molecule has 1 aliphatic heterocycles. The van der Waals surface area contributed by atoms with Crippen LogP contribution in [0.3, 0.4) is 0 Å². The minimum atomic E-state index is -3.58. The van der Waals surface area contributed by atoms with E-state index >= 15 is 0 Å². The van der Waals surface area contributed by atoms with Crippen molar-refractivity contribution < 1.29 is 13.2 Å². The Bertz CT molecular complexity index is 1220. The molecule has 0 radical (unpaired) electrons. The van der Waals surface area contributed by atoms with Crippen LogP contribution >= 0.6 is 0 Å². The molecular formula is C24H29N5O3S. The number of carbonyl (C=O) groups excluding carboxylic acids is 1. The molecule has 1 aliphatic rings. The molecule has 9 heteroatoms. The molecule has 8 nitrogen and oxygen atoms in total. The second kappa shape index (κ2) is 9.76. The molecule has 0 unspecified atom stereocenters. The fraction of sp³-hybridized carbons (Fsp3) is 0.333. The maximum atomic E-state index is 13.1. The Morgan fingerprint density at radius 2 is 1.79 bits per heavy atom. The number of amides is 2. The fourth-order valence-corrected chi connectivity index (χ4v) is 5.71. The lowest BCUT2D eigenvalue weighted by molar-refractivity contribution is 0.172. The molecule has 2 aromatic carbocycles. The molecule has 1 saturated heterocycles. The van der Waals surface area contributed by atoms with E-state index in [-0.39, 0.29) is 19.1 Å². The molecule has 2 amide bonds. The Hall–Kier alpha value is -3.17. The third-order valence-electron chi connectivity index (χ3n) is 5.85. The van der Waals surface area contributed by atoms with E-state index in [9.17, 15) is 13.2 Å². The van der Waals surface area contributed by atoms with Gasteiger partial charge in [0, 0.05) is 51.7 Å². The van der Waals surface area contributed by atoms with Gasteiger partial charge in [0.1, 0.15) is 0 Å². The van der Waals surface area contributed by atoms with Crippen molar-refractivity contribution in [3.63, 3.8) is 0 Å². The Labute approximate surface area is 194 Å². The number of nitrogens with zero attached hydrogens (tertiary/aromatic N) is 4. The van der Waals surface area contributed by atoms with Gasteiger partial charge in [0.25, 0.3) is 0 Å². The minimum absolute atomic E-state index is 0.182. The summed E-state index contributed by atoms with van der Waals surface area (Å²) in [7, 11) is -3.58. The highest BCUT2D eigenvalue weighted by Gasteiger charge is 2.31. The topological polar surface area (TPSA) is 87.5 Å². The van der Waals surface area contributed by atoms with Gasteiger partial charge >= 0.3 is 6.03 Å². The highest BCUT2D eigenvalue weighted by molar-refractivity contribution is 7.89. The highest BCUT2D eigenvalue weighted by atomic mass is 32.2. The first-order chi connectivity index (χ1) is 15.8. The maximum absolute atomic E-state index is 13.1. The monoisotopic (exact) mass is 467 g/mol. The molecule has 0 saturated carbocycles. The van der Waals surface area contributed by atoms with E-state index in [0.717, 1.165) is 28.8 Å². The average Bonchev–Trinajstić information content (AvgIpc) is 3.32. The predicted octanol–water partition coefficient (Wildman–Crippen LogP) is 2.76. The maximum Gasteiger partial charge on any atom is 0.317 e. The van der Waals surface area contributed by atoms with Crippen LogP contribution in [0.15, 0.2) is 66.1 Å². The molecule has 33 heavy (non-hydrogen) atoms. The standard InChI is InChI=1S/C24H29N5O3S/c1-19-6-7-20(2)23(14-19)33(31,32)29-12-10-28(11-13-29)24(30)26-16-21-4-3-5-22(15-21)17-27-9-8-25-18-27/h3-9,14-15,18H,10-13,16-17H2,1-2H3,(H,26,30). The van der Waals surface area contributed by atoms with Crippen molar-refractivity contribution >= 4 is 16.1 Å². The largest absolute Gasteiger partial charge is 0.334 e. The predicted molar refractivity (Wildman–Crippen MR) is 126 cm³/mol. The summed E-state index contributed by atoms with van der Waals surface area (Å²) in [4.78, 5) is 18.7. The summed E-state index contributed by atoms with van der Waals surface area (Å²) in [5.74, 6) is 0. The van der Waals surface area contributed by atoms with E-state index in [1.807, 2.05) is 48.0 Å². The Morgan fingerprint density at radius 3 is 2.52 bits per heavy atom. The van der Waals surface area contributed by atoms with Crippen molar-refractivity contribution in [2.24, 2.45) is 0 Å². The summed E-state index contributed by atoms with van der Waals surface area (Å²) in [6, 6.07) is 13.3. The first-order valence-corrected chi connectivity index (χ1v) is 12.4. The van der Waals surface area contributed by atoms with Crippen LogP contribution in [-0.2, 0) is 23.1 Å². The Morgan fingerprint density at radius 1 is 1.03 bits per heavy atom. The molecule has 1 N–H and O–H groups in total. The summed E-state index contributed by atoms with van der Waals surface area (Å²) < 4.78 is 29.6. The number of sulfonamides is 1. The van der Waals surface area contributed by atoms with Gasteiger partial charge in [-0.3, -0.25) is 0 Å². The van der Waals surface area contributed by atoms with E-state index < -0.39 is 10.0 Å². The normalized spacial score (nSPS) is 14.9. The molecule has 0 spiro atoms. The number of benzene rings is 2. The quantitative estimate of drug-likeness (QED) is 0.604. The van der Waals surface area contributed by atoms with Gasteiger partial charge in [0.05, 0.1) is 11.2 Å². The number of aromatic nitrogens is 2. The molecule has 1 aromatic heterocycles. The second-order valence-corrected chi connectivity index (χ2v) is 10.3. The molecule has 174 valence electrons. The van der Waals surface area contributed by atoms with Crippen LogP contribution in [0.25, 0.3) is 0 Å². The lowest BCUT2D eigenvalue weighted by Gasteiger charge is -2.34. The summed E-state index contributed by atoms with van der Waals surface area (Å²) in [6.07, 6.45) is 5.43. The summed E-state index contributed by atoms with van der Waals surface area (Å²) in [5, 5.41) is 2.96. The number of aryl methyl sites for hydroxylation is 2. The van der Waals surface area contributed by atoms with Gasteiger partial charge in [0.2, 0.25) is 10.0 Å². The van der Waals surface area contributed by atoms with Gasteiger partial charge in [-0.25, -0.2) is 18.2 Å². The molecule has 0 bridgehead atoms. The van der Waals surface area contributed by atoms with Crippen molar-refractivity contribution in [2.45, 2.75) is 31.8 Å². The molecular weight excluding hydrogens is 438 g/mol. The van der Waals surface area contributed by atoms with Crippen LogP contribution < -0.4 is 5.32 Å². The van der Waals surface area contributed by atoms with Crippen molar-refractivity contribution in [1.29, 1.82) is 0 Å². The Kier molecular flexibility index (Phi) is 6.80.